The molecule has 2 rings (SSSR count). The molecule has 1 amide bonds. The minimum Gasteiger partial charge on any atom is -0.327 e. The number of rotatable bonds is 2. The lowest BCUT2D eigenvalue weighted by molar-refractivity contribution is -0.162. The topological polar surface area (TPSA) is 20.3 Å². The van der Waals surface area contributed by atoms with E-state index in [1.807, 2.05) is 44.2 Å². The van der Waals surface area contributed by atoms with Crippen LogP contribution in [0.25, 0.3) is 0 Å². The van der Waals surface area contributed by atoms with Crippen LogP contribution in [0.1, 0.15) is 25.5 Å². The summed E-state index contributed by atoms with van der Waals surface area (Å²) in [6.07, 6.45) is -1.37. The lowest BCUT2D eigenvalue weighted by Gasteiger charge is -2.46. The van der Waals surface area contributed by atoms with Gasteiger partial charge in [-0.05, 0) is 19.4 Å². The van der Waals surface area contributed by atoms with Crippen molar-refractivity contribution in [2.45, 2.75) is 32.1 Å². The number of carbonyl (C=O) groups is 1. The predicted molar refractivity (Wildman–Crippen MR) is 56.1 cm³/mol. The third kappa shape index (κ3) is 1.52. The number of halogens is 1. The summed E-state index contributed by atoms with van der Waals surface area (Å²) >= 11 is 0. The molecule has 1 fully saturated rings. The van der Waals surface area contributed by atoms with Gasteiger partial charge in [0.1, 0.15) is 0 Å². The molecule has 0 bridgehead atoms. The monoisotopic (exact) mass is 207 g/mol. The van der Waals surface area contributed by atoms with Crippen LogP contribution in [0.2, 0.25) is 0 Å². The van der Waals surface area contributed by atoms with E-state index < -0.39 is 12.2 Å². The summed E-state index contributed by atoms with van der Waals surface area (Å²) in [4.78, 5) is 12.9. The van der Waals surface area contributed by atoms with Crippen molar-refractivity contribution >= 4 is 5.91 Å². The van der Waals surface area contributed by atoms with Gasteiger partial charge in [0.25, 0.3) is 5.91 Å². The van der Waals surface area contributed by atoms with Gasteiger partial charge in [-0.2, -0.15) is 0 Å². The van der Waals surface area contributed by atoms with Gasteiger partial charge >= 0.3 is 0 Å². The number of alkyl halides is 1. The summed E-state index contributed by atoms with van der Waals surface area (Å²) in [5, 5.41) is 0. The summed E-state index contributed by atoms with van der Waals surface area (Å²) in [5.41, 5.74) is 0.873. The van der Waals surface area contributed by atoms with Gasteiger partial charge in [-0.1, -0.05) is 30.3 Å². The molecule has 1 heterocycles. The summed E-state index contributed by atoms with van der Waals surface area (Å²) < 4.78 is 13.5. The lowest BCUT2D eigenvalue weighted by atomic mass is 9.90. The molecule has 15 heavy (non-hydrogen) atoms. The first-order chi connectivity index (χ1) is 7.13. The van der Waals surface area contributed by atoms with Crippen LogP contribution in [0.4, 0.5) is 4.39 Å². The van der Waals surface area contributed by atoms with Gasteiger partial charge in [0.15, 0.2) is 0 Å². The normalized spacial score (nSPS) is 25.6. The Hall–Kier alpha value is -1.38. The fourth-order valence-electron chi connectivity index (χ4n) is 2.03. The van der Waals surface area contributed by atoms with Crippen molar-refractivity contribution in [3.05, 3.63) is 35.9 Å². The van der Waals surface area contributed by atoms with E-state index in [9.17, 15) is 9.18 Å². The molecule has 0 radical (unpaired) electrons. The zero-order valence-electron chi connectivity index (χ0n) is 8.85. The van der Waals surface area contributed by atoms with E-state index in [2.05, 4.69) is 0 Å². The number of hydrogen-bond donors (Lipinski definition) is 0. The van der Waals surface area contributed by atoms with Crippen LogP contribution in [-0.2, 0) is 4.79 Å². The Kier molecular flexibility index (Phi) is 2.47. The highest BCUT2D eigenvalue weighted by Gasteiger charge is 2.49. The van der Waals surface area contributed by atoms with Crippen molar-refractivity contribution < 1.29 is 9.18 Å². The Morgan fingerprint density at radius 2 is 1.87 bits per heavy atom. The molecule has 0 unspecified atom stereocenters. The standard InChI is InChI=1S/C12H14FNO/c1-8(2)14-11(10(13)12(14)15)9-6-4-3-5-7-9/h3-8,10-11H,1-2H3/t10-,11+/m0/s1. The Balaban J connectivity index is 2.26. The summed E-state index contributed by atoms with van der Waals surface area (Å²) in [6.45, 7) is 3.80. The van der Waals surface area contributed by atoms with Crippen molar-refractivity contribution in [3.63, 3.8) is 0 Å². The molecule has 2 nitrogen and oxygen atoms in total. The molecule has 2 atom stereocenters. The van der Waals surface area contributed by atoms with E-state index in [1.54, 1.807) is 4.90 Å². The maximum atomic E-state index is 13.5. The molecule has 1 aliphatic rings. The van der Waals surface area contributed by atoms with Crippen molar-refractivity contribution in [3.8, 4) is 0 Å². The largest absolute Gasteiger partial charge is 0.327 e. The van der Waals surface area contributed by atoms with Crippen LogP contribution in [0, 0.1) is 0 Å². The van der Waals surface area contributed by atoms with Crippen LogP contribution < -0.4 is 0 Å². The smallest absolute Gasteiger partial charge is 0.260 e. The van der Waals surface area contributed by atoms with Crippen LogP contribution in [-0.4, -0.2) is 23.0 Å². The number of β-lactam (4-membered cyclic amide) rings is 1. The van der Waals surface area contributed by atoms with E-state index in [-0.39, 0.29) is 11.9 Å². The number of carbonyl (C=O) groups excluding carboxylic acids is 1. The highest BCUT2D eigenvalue weighted by Crippen LogP contribution is 2.38. The second-order valence-corrected chi connectivity index (χ2v) is 4.10. The third-order valence-corrected chi connectivity index (χ3v) is 2.76. The average Bonchev–Trinajstić information content (AvgIpc) is 2.25. The molecule has 80 valence electrons. The van der Waals surface area contributed by atoms with Gasteiger partial charge in [-0.25, -0.2) is 4.39 Å². The Morgan fingerprint density at radius 1 is 1.27 bits per heavy atom. The Bertz CT molecular complexity index is 363. The molecular weight excluding hydrogens is 193 g/mol. The number of nitrogens with zero attached hydrogens (tertiary/aromatic N) is 1. The van der Waals surface area contributed by atoms with E-state index in [4.69, 9.17) is 0 Å². The number of likely N-dealkylation sites (tertiary alicyclic amines) is 1. The fraction of sp³-hybridized carbons (Fsp3) is 0.417. The molecule has 3 heteroatoms. The lowest BCUT2D eigenvalue weighted by Crippen LogP contribution is -2.59. The summed E-state index contributed by atoms with van der Waals surface area (Å²) in [6, 6.07) is 9.00. The number of amides is 1. The van der Waals surface area contributed by atoms with Gasteiger partial charge < -0.3 is 4.90 Å². The van der Waals surface area contributed by atoms with E-state index in [1.165, 1.54) is 0 Å². The van der Waals surface area contributed by atoms with Crippen molar-refractivity contribution in [1.29, 1.82) is 0 Å². The van der Waals surface area contributed by atoms with Gasteiger partial charge in [0.2, 0.25) is 6.17 Å². The van der Waals surface area contributed by atoms with Crippen molar-refractivity contribution in [1.82, 2.24) is 4.90 Å². The summed E-state index contributed by atoms with van der Waals surface area (Å²) in [5.74, 6) is -0.390. The molecule has 1 aromatic carbocycles. The molecule has 1 saturated heterocycles. The van der Waals surface area contributed by atoms with E-state index >= 15 is 0 Å². The van der Waals surface area contributed by atoms with Crippen molar-refractivity contribution in [2.24, 2.45) is 0 Å². The Labute approximate surface area is 88.7 Å². The first-order valence-electron chi connectivity index (χ1n) is 5.14. The molecular formula is C12H14FNO. The zero-order chi connectivity index (χ0) is 11.0. The minimum absolute atomic E-state index is 0.0507. The maximum Gasteiger partial charge on any atom is 0.260 e. The third-order valence-electron chi connectivity index (χ3n) is 2.76. The second-order valence-electron chi connectivity index (χ2n) is 4.10. The zero-order valence-corrected chi connectivity index (χ0v) is 8.85. The second kappa shape index (κ2) is 3.65. The predicted octanol–water partition coefficient (Wildman–Crippen LogP) is 2.32. The first kappa shape index (κ1) is 10.1. The first-order valence-corrected chi connectivity index (χ1v) is 5.14. The molecule has 1 aliphatic heterocycles. The minimum atomic E-state index is -1.37. The number of hydrogen-bond acceptors (Lipinski definition) is 1. The highest BCUT2D eigenvalue weighted by atomic mass is 19.1. The fourth-order valence-corrected chi connectivity index (χ4v) is 2.03. The van der Waals surface area contributed by atoms with Crippen LogP contribution in [0.5, 0.6) is 0 Å². The maximum absolute atomic E-state index is 13.5. The average molecular weight is 207 g/mol. The molecule has 0 N–H and O–H groups in total. The van der Waals surface area contributed by atoms with Crippen LogP contribution in [0.3, 0.4) is 0 Å². The van der Waals surface area contributed by atoms with Gasteiger partial charge in [-0.15, -0.1) is 0 Å². The van der Waals surface area contributed by atoms with Crippen LogP contribution >= 0.6 is 0 Å². The molecule has 0 spiro atoms. The Morgan fingerprint density at radius 3 is 2.40 bits per heavy atom. The van der Waals surface area contributed by atoms with E-state index in [0.29, 0.717) is 0 Å². The quantitative estimate of drug-likeness (QED) is 0.681. The molecule has 1 aromatic rings. The van der Waals surface area contributed by atoms with Crippen molar-refractivity contribution in [2.75, 3.05) is 0 Å². The van der Waals surface area contributed by atoms with Gasteiger partial charge in [0, 0.05) is 6.04 Å². The molecule has 0 aliphatic carbocycles. The number of benzene rings is 1. The molecule has 0 aromatic heterocycles. The van der Waals surface area contributed by atoms with Gasteiger partial charge in [0.05, 0.1) is 6.04 Å². The summed E-state index contributed by atoms with van der Waals surface area (Å²) in [7, 11) is 0. The van der Waals surface area contributed by atoms with Gasteiger partial charge in [-0.3, -0.25) is 4.79 Å². The highest BCUT2D eigenvalue weighted by molar-refractivity contribution is 5.89. The molecule has 0 saturated carbocycles. The van der Waals surface area contributed by atoms with E-state index in [0.717, 1.165) is 5.56 Å². The SMILES string of the molecule is CC(C)N1C(=O)[C@@H](F)[C@H]1c1ccccc1. The van der Waals surface area contributed by atoms with Crippen LogP contribution in [0.15, 0.2) is 30.3 Å².